The van der Waals surface area contributed by atoms with E-state index >= 15 is 0 Å². The minimum atomic E-state index is -0.160. The van der Waals surface area contributed by atoms with Gasteiger partial charge in [-0.3, -0.25) is 0 Å². The van der Waals surface area contributed by atoms with E-state index in [2.05, 4.69) is 141 Å². The van der Waals surface area contributed by atoms with Gasteiger partial charge < -0.3 is 8.98 Å². The van der Waals surface area contributed by atoms with Crippen molar-refractivity contribution in [2.24, 2.45) is 0 Å². The molecule has 8 aromatic rings. The minimum absolute atomic E-state index is 0.160. The SMILES string of the molecule is Cc1ccccc1-c1cc(-n2c3ccccc3c3cc4c(cc32)C(C)(C)c2cc3oc5ccccc5c3cc2-4)ccc1C. The number of aryl methyl sites for hydroxylation is 2. The van der Waals surface area contributed by atoms with Gasteiger partial charge in [-0.25, -0.2) is 0 Å². The Labute approximate surface area is 250 Å². The van der Waals surface area contributed by atoms with Crippen LogP contribution in [-0.4, -0.2) is 4.57 Å². The number of nitrogens with zero attached hydrogens (tertiary/aromatic N) is 1. The number of hydrogen-bond donors (Lipinski definition) is 0. The summed E-state index contributed by atoms with van der Waals surface area (Å²) < 4.78 is 8.79. The quantitative estimate of drug-likeness (QED) is 0.208. The smallest absolute Gasteiger partial charge is 0.135 e. The molecule has 0 aliphatic heterocycles. The van der Waals surface area contributed by atoms with Crippen molar-refractivity contribution in [3.8, 4) is 27.9 Å². The first kappa shape index (κ1) is 24.5. The van der Waals surface area contributed by atoms with Crippen molar-refractivity contribution in [2.75, 3.05) is 0 Å². The van der Waals surface area contributed by atoms with Crippen LogP contribution >= 0.6 is 0 Å². The van der Waals surface area contributed by atoms with Crippen LogP contribution < -0.4 is 0 Å². The van der Waals surface area contributed by atoms with E-state index in [9.17, 15) is 0 Å². The van der Waals surface area contributed by atoms with Crippen molar-refractivity contribution in [3.63, 3.8) is 0 Å². The Morgan fingerprint density at radius 2 is 1.16 bits per heavy atom. The molecule has 206 valence electrons. The van der Waals surface area contributed by atoms with Crippen molar-refractivity contribution >= 4 is 43.7 Å². The van der Waals surface area contributed by atoms with Crippen LogP contribution in [0.5, 0.6) is 0 Å². The summed E-state index contributed by atoms with van der Waals surface area (Å²) in [4.78, 5) is 0. The first-order valence-electron chi connectivity index (χ1n) is 15.1. The molecule has 43 heavy (non-hydrogen) atoms. The number of rotatable bonds is 2. The Kier molecular flexibility index (Phi) is 4.84. The van der Waals surface area contributed by atoms with Gasteiger partial charge in [-0.05, 0) is 107 Å². The average molecular weight is 554 g/mol. The van der Waals surface area contributed by atoms with Gasteiger partial charge in [0.2, 0.25) is 0 Å². The monoisotopic (exact) mass is 553 g/mol. The van der Waals surface area contributed by atoms with Crippen molar-refractivity contribution < 1.29 is 4.42 Å². The summed E-state index contributed by atoms with van der Waals surface area (Å²) in [6.45, 7) is 9.12. The van der Waals surface area contributed by atoms with E-state index in [-0.39, 0.29) is 5.41 Å². The Bertz CT molecular complexity index is 2450. The molecule has 2 heterocycles. The van der Waals surface area contributed by atoms with Crippen molar-refractivity contribution in [1.29, 1.82) is 0 Å². The maximum absolute atomic E-state index is 6.33. The fraction of sp³-hybridized carbons (Fsp3) is 0.122. The van der Waals surface area contributed by atoms with E-state index in [1.165, 1.54) is 82.8 Å². The molecule has 1 aliphatic rings. The lowest BCUT2D eigenvalue weighted by Gasteiger charge is -2.22. The molecule has 0 saturated carbocycles. The first-order valence-corrected chi connectivity index (χ1v) is 15.1. The Morgan fingerprint density at radius 1 is 0.488 bits per heavy atom. The average Bonchev–Trinajstić information content (AvgIpc) is 3.62. The predicted octanol–water partition coefficient (Wildman–Crippen LogP) is 11.3. The summed E-state index contributed by atoms with van der Waals surface area (Å²) in [5.41, 5.74) is 15.9. The van der Waals surface area contributed by atoms with Gasteiger partial charge in [0.15, 0.2) is 0 Å². The molecule has 1 aliphatic carbocycles. The van der Waals surface area contributed by atoms with Crippen molar-refractivity contribution in [1.82, 2.24) is 4.57 Å². The number of benzene rings is 6. The van der Waals surface area contributed by atoms with Crippen LogP contribution in [0.3, 0.4) is 0 Å². The molecule has 9 rings (SSSR count). The topological polar surface area (TPSA) is 18.1 Å². The standard InChI is InChI=1S/C41H31NO/c1-24-11-5-6-12-27(24)30-19-26(18-17-25(30)2)42-37-15-9-7-13-28(37)33-20-31-32-21-34-29-14-8-10-16-39(29)43-40(34)23-36(32)41(3,4)35(31)22-38(33)42/h5-23H,1-4H3. The third kappa shape index (κ3) is 3.29. The number of fused-ring (bicyclic) bond motifs is 9. The summed E-state index contributed by atoms with van der Waals surface area (Å²) in [6, 6.07) is 42.4. The third-order valence-corrected chi connectivity index (χ3v) is 9.88. The van der Waals surface area contributed by atoms with E-state index in [1.807, 2.05) is 6.07 Å². The Hall–Kier alpha value is -5.08. The molecule has 0 atom stereocenters. The van der Waals surface area contributed by atoms with Crippen LogP contribution in [-0.2, 0) is 5.41 Å². The Balaban J connectivity index is 1.33. The lowest BCUT2D eigenvalue weighted by atomic mass is 9.82. The lowest BCUT2D eigenvalue weighted by molar-refractivity contribution is 0.647. The second-order valence-corrected chi connectivity index (χ2v) is 12.7. The van der Waals surface area contributed by atoms with Crippen LogP contribution in [0.4, 0.5) is 0 Å². The summed E-state index contributed by atoms with van der Waals surface area (Å²) >= 11 is 0. The molecule has 0 amide bonds. The number of aromatic nitrogens is 1. The zero-order valence-electron chi connectivity index (χ0n) is 24.8. The van der Waals surface area contributed by atoms with E-state index in [1.54, 1.807) is 0 Å². The van der Waals surface area contributed by atoms with Crippen molar-refractivity contribution in [2.45, 2.75) is 33.1 Å². The van der Waals surface area contributed by atoms with Gasteiger partial charge in [0.25, 0.3) is 0 Å². The van der Waals surface area contributed by atoms with Gasteiger partial charge in [-0.1, -0.05) is 80.6 Å². The molecule has 0 unspecified atom stereocenters. The number of hydrogen-bond acceptors (Lipinski definition) is 1. The van der Waals surface area contributed by atoms with Gasteiger partial charge in [-0.15, -0.1) is 0 Å². The molecule has 0 fully saturated rings. The second kappa shape index (κ2) is 8.49. The number of furan rings is 1. The predicted molar refractivity (Wildman–Crippen MR) is 181 cm³/mol. The largest absolute Gasteiger partial charge is 0.456 e. The fourth-order valence-electron chi connectivity index (χ4n) is 7.60. The summed E-state index contributed by atoms with van der Waals surface area (Å²) in [7, 11) is 0. The van der Waals surface area contributed by atoms with Crippen LogP contribution in [0.25, 0.3) is 71.7 Å². The first-order chi connectivity index (χ1) is 20.9. The van der Waals surface area contributed by atoms with Crippen molar-refractivity contribution in [3.05, 3.63) is 138 Å². The number of para-hydroxylation sites is 2. The Morgan fingerprint density at radius 3 is 2.00 bits per heavy atom. The fourth-order valence-corrected chi connectivity index (χ4v) is 7.60. The summed E-state index contributed by atoms with van der Waals surface area (Å²) in [5.74, 6) is 0. The molecule has 0 N–H and O–H groups in total. The maximum atomic E-state index is 6.33. The molecule has 0 bridgehead atoms. The third-order valence-electron chi connectivity index (χ3n) is 9.88. The van der Waals surface area contributed by atoms with E-state index in [0.29, 0.717) is 0 Å². The summed E-state index contributed by atoms with van der Waals surface area (Å²) in [5, 5.41) is 4.92. The van der Waals surface area contributed by atoms with Gasteiger partial charge in [0.1, 0.15) is 11.2 Å². The van der Waals surface area contributed by atoms with E-state index < -0.39 is 0 Å². The second-order valence-electron chi connectivity index (χ2n) is 12.7. The van der Waals surface area contributed by atoms with Gasteiger partial charge in [0, 0.05) is 32.6 Å². The molecular formula is C41H31NO. The highest BCUT2D eigenvalue weighted by atomic mass is 16.3. The molecule has 2 heteroatoms. The maximum Gasteiger partial charge on any atom is 0.135 e. The van der Waals surface area contributed by atoms with Gasteiger partial charge >= 0.3 is 0 Å². The van der Waals surface area contributed by atoms with Crippen LogP contribution in [0.1, 0.15) is 36.1 Å². The molecule has 2 aromatic heterocycles. The lowest BCUT2D eigenvalue weighted by Crippen LogP contribution is -2.15. The molecule has 6 aromatic carbocycles. The molecule has 0 radical (unpaired) electrons. The highest BCUT2D eigenvalue weighted by Gasteiger charge is 2.37. The van der Waals surface area contributed by atoms with E-state index in [0.717, 1.165) is 11.2 Å². The van der Waals surface area contributed by atoms with Crippen LogP contribution in [0.2, 0.25) is 0 Å². The highest BCUT2D eigenvalue weighted by molar-refractivity contribution is 6.13. The molecular weight excluding hydrogens is 522 g/mol. The highest BCUT2D eigenvalue weighted by Crippen LogP contribution is 2.53. The zero-order valence-corrected chi connectivity index (χ0v) is 24.8. The molecule has 0 spiro atoms. The van der Waals surface area contributed by atoms with Gasteiger partial charge in [0.05, 0.1) is 11.0 Å². The summed E-state index contributed by atoms with van der Waals surface area (Å²) in [6.07, 6.45) is 0. The zero-order chi connectivity index (χ0) is 29.0. The molecule has 0 saturated heterocycles. The van der Waals surface area contributed by atoms with E-state index in [4.69, 9.17) is 4.42 Å². The van der Waals surface area contributed by atoms with Crippen LogP contribution in [0.15, 0.2) is 120 Å². The minimum Gasteiger partial charge on any atom is -0.456 e. The normalized spacial score (nSPS) is 13.8. The molecule has 2 nitrogen and oxygen atoms in total. The van der Waals surface area contributed by atoms with Crippen LogP contribution in [0, 0.1) is 13.8 Å². The van der Waals surface area contributed by atoms with Gasteiger partial charge in [-0.2, -0.15) is 0 Å².